The zero-order chi connectivity index (χ0) is 19.2. The largest absolute Gasteiger partial charge is 0.481 e. The fourth-order valence-electron chi connectivity index (χ4n) is 1.80. The van der Waals surface area contributed by atoms with Gasteiger partial charge in [0.25, 0.3) is 10.0 Å². The highest BCUT2D eigenvalue weighted by Crippen LogP contribution is 2.18. The number of benzene rings is 1. The number of carbonyl (C=O) groups excluding carboxylic acids is 1. The van der Waals surface area contributed by atoms with E-state index in [9.17, 15) is 13.2 Å². The second-order valence-corrected chi connectivity index (χ2v) is 7.02. The number of hydrogen-bond donors (Lipinski definition) is 3. The number of rotatable bonds is 6. The van der Waals surface area contributed by atoms with Crippen molar-refractivity contribution >= 4 is 44.8 Å². The molecule has 0 saturated heterocycles. The molecule has 0 spiro atoms. The van der Waals surface area contributed by atoms with Crippen LogP contribution in [0.2, 0.25) is 0 Å². The van der Waals surface area contributed by atoms with Gasteiger partial charge in [-0.05, 0) is 36.5 Å². The first-order valence-corrected chi connectivity index (χ1v) is 9.33. The van der Waals surface area contributed by atoms with Gasteiger partial charge < -0.3 is 15.4 Å². The Bertz CT molecular complexity index is 901. The molecular weight excluding hydrogens is 378 g/mol. The van der Waals surface area contributed by atoms with Crippen molar-refractivity contribution in [2.75, 3.05) is 17.1 Å². The van der Waals surface area contributed by atoms with Crippen LogP contribution < -0.4 is 20.1 Å². The van der Waals surface area contributed by atoms with Crippen LogP contribution >= 0.6 is 12.2 Å². The first-order valence-electron chi connectivity index (χ1n) is 7.44. The first-order chi connectivity index (χ1) is 12.3. The highest BCUT2D eigenvalue weighted by Gasteiger charge is 2.15. The van der Waals surface area contributed by atoms with Gasteiger partial charge in [0.2, 0.25) is 11.8 Å². The molecule has 138 valence electrons. The Morgan fingerprint density at radius 1 is 1.23 bits per heavy atom. The summed E-state index contributed by atoms with van der Waals surface area (Å²) in [6, 6.07) is 7.21. The standard InChI is InChI=1S/C15H17N5O4S2/c1-3-13(21)19-15(25)18-10-4-6-11(7-5-10)26(22,23)20-12-8-14(24-2)17-9-16-12/h4-9H,3H2,1-2H3,(H,16,17,20)(H2,18,19,21,25). The molecule has 1 aromatic carbocycles. The molecule has 0 saturated carbocycles. The van der Waals surface area contributed by atoms with E-state index in [1.54, 1.807) is 6.92 Å². The highest BCUT2D eigenvalue weighted by atomic mass is 32.2. The number of ether oxygens (including phenoxy) is 1. The normalized spacial score (nSPS) is 10.7. The Hall–Kier alpha value is -2.79. The van der Waals surface area contributed by atoms with E-state index >= 15 is 0 Å². The van der Waals surface area contributed by atoms with E-state index < -0.39 is 10.0 Å². The minimum absolute atomic E-state index is 0.0316. The summed E-state index contributed by atoms with van der Waals surface area (Å²) in [6.07, 6.45) is 1.49. The van der Waals surface area contributed by atoms with Crippen LogP contribution in [0.25, 0.3) is 0 Å². The van der Waals surface area contributed by atoms with Crippen LogP contribution in [-0.4, -0.2) is 36.5 Å². The van der Waals surface area contributed by atoms with Gasteiger partial charge in [0.15, 0.2) is 5.11 Å². The number of thiocarbonyl (C=S) groups is 1. The predicted molar refractivity (Wildman–Crippen MR) is 100 cm³/mol. The van der Waals surface area contributed by atoms with E-state index in [-0.39, 0.29) is 27.6 Å². The molecule has 0 aliphatic heterocycles. The number of anilines is 2. The van der Waals surface area contributed by atoms with E-state index in [4.69, 9.17) is 17.0 Å². The smallest absolute Gasteiger partial charge is 0.263 e. The minimum Gasteiger partial charge on any atom is -0.481 e. The van der Waals surface area contributed by atoms with Crippen molar-refractivity contribution < 1.29 is 17.9 Å². The van der Waals surface area contributed by atoms with E-state index in [0.29, 0.717) is 12.1 Å². The molecule has 3 N–H and O–H groups in total. The van der Waals surface area contributed by atoms with E-state index in [2.05, 4.69) is 25.3 Å². The van der Waals surface area contributed by atoms with Crippen LogP contribution in [0.5, 0.6) is 5.88 Å². The summed E-state index contributed by atoms with van der Waals surface area (Å²) in [5.41, 5.74) is 0.536. The third kappa shape index (κ3) is 5.36. The molecule has 2 aromatic rings. The molecule has 0 radical (unpaired) electrons. The van der Waals surface area contributed by atoms with Crippen LogP contribution in [0.15, 0.2) is 41.6 Å². The average Bonchev–Trinajstić information content (AvgIpc) is 2.61. The molecule has 1 heterocycles. The molecule has 0 fully saturated rings. The van der Waals surface area contributed by atoms with Gasteiger partial charge in [0, 0.05) is 18.2 Å². The van der Waals surface area contributed by atoms with Crippen LogP contribution in [0.3, 0.4) is 0 Å². The fraction of sp³-hybridized carbons (Fsp3) is 0.200. The number of aromatic nitrogens is 2. The molecule has 1 aromatic heterocycles. The van der Waals surface area contributed by atoms with Crippen molar-refractivity contribution in [2.24, 2.45) is 0 Å². The molecule has 0 unspecified atom stereocenters. The van der Waals surface area contributed by atoms with Crippen LogP contribution in [0.1, 0.15) is 13.3 Å². The topological polar surface area (TPSA) is 122 Å². The summed E-state index contributed by atoms with van der Waals surface area (Å²) in [5.74, 6) is 0.105. The van der Waals surface area contributed by atoms with E-state index in [1.807, 2.05) is 0 Å². The van der Waals surface area contributed by atoms with Gasteiger partial charge in [0.1, 0.15) is 12.1 Å². The molecular formula is C15H17N5O4S2. The summed E-state index contributed by atoms with van der Waals surface area (Å²) in [4.78, 5) is 19.0. The van der Waals surface area contributed by atoms with Crippen molar-refractivity contribution in [3.05, 3.63) is 36.7 Å². The van der Waals surface area contributed by atoms with Gasteiger partial charge in [-0.1, -0.05) is 6.92 Å². The Morgan fingerprint density at radius 2 is 1.92 bits per heavy atom. The fourth-order valence-corrected chi connectivity index (χ4v) is 3.03. The lowest BCUT2D eigenvalue weighted by Gasteiger charge is -2.10. The number of sulfonamides is 1. The number of amides is 1. The van der Waals surface area contributed by atoms with Crippen LogP contribution in [0.4, 0.5) is 11.5 Å². The number of nitrogens with zero attached hydrogens (tertiary/aromatic N) is 2. The Morgan fingerprint density at radius 3 is 2.54 bits per heavy atom. The molecule has 1 amide bonds. The number of hydrogen-bond acceptors (Lipinski definition) is 7. The quantitative estimate of drug-likeness (QED) is 0.629. The van der Waals surface area contributed by atoms with Crippen molar-refractivity contribution in [1.82, 2.24) is 15.3 Å². The monoisotopic (exact) mass is 395 g/mol. The molecule has 0 aliphatic rings. The lowest BCUT2D eigenvalue weighted by molar-refractivity contribution is -0.119. The van der Waals surface area contributed by atoms with Crippen molar-refractivity contribution in [3.8, 4) is 5.88 Å². The Kier molecular flexibility index (Phi) is 6.41. The van der Waals surface area contributed by atoms with E-state index in [0.717, 1.165) is 0 Å². The zero-order valence-electron chi connectivity index (χ0n) is 14.0. The van der Waals surface area contributed by atoms with Crippen LogP contribution in [0, 0.1) is 0 Å². The Labute approximate surface area is 156 Å². The van der Waals surface area contributed by atoms with Crippen molar-refractivity contribution in [3.63, 3.8) is 0 Å². The molecule has 0 bridgehead atoms. The lowest BCUT2D eigenvalue weighted by atomic mass is 10.3. The summed E-state index contributed by atoms with van der Waals surface area (Å²) < 4.78 is 32.1. The third-order valence-corrected chi connectivity index (χ3v) is 4.66. The van der Waals surface area contributed by atoms with Gasteiger partial charge in [-0.25, -0.2) is 18.4 Å². The number of methoxy groups -OCH3 is 1. The van der Waals surface area contributed by atoms with Gasteiger partial charge in [-0.15, -0.1) is 0 Å². The highest BCUT2D eigenvalue weighted by molar-refractivity contribution is 7.92. The minimum atomic E-state index is -3.83. The second-order valence-electron chi connectivity index (χ2n) is 4.93. The zero-order valence-corrected chi connectivity index (χ0v) is 15.6. The maximum Gasteiger partial charge on any atom is 0.263 e. The molecule has 0 aliphatic carbocycles. The maximum atomic E-state index is 12.4. The summed E-state index contributed by atoms with van der Waals surface area (Å²) in [5, 5.41) is 5.43. The van der Waals surface area contributed by atoms with Crippen molar-refractivity contribution in [1.29, 1.82) is 0 Å². The molecule has 11 heteroatoms. The Balaban J connectivity index is 2.08. The predicted octanol–water partition coefficient (Wildman–Crippen LogP) is 1.51. The summed E-state index contributed by atoms with van der Waals surface area (Å²) >= 11 is 5.00. The van der Waals surface area contributed by atoms with Crippen LogP contribution in [-0.2, 0) is 14.8 Å². The van der Waals surface area contributed by atoms with Gasteiger partial charge in [0.05, 0.1) is 12.0 Å². The third-order valence-electron chi connectivity index (χ3n) is 3.09. The second kappa shape index (κ2) is 8.54. The maximum absolute atomic E-state index is 12.4. The number of nitrogens with one attached hydrogen (secondary N) is 3. The summed E-state index contributed by atoms with van der Waals surface area (Å²) in [6.45, 7) is 1.71. The van der Waals surface area contributed by atoms with Gasteiger partial charge in [-0.2, -0.15) is 0 Å². The van der Waals surface area contributed by atoms with Gasteiger partial charge in [-0.3, -0.25) is 9.52 Å². The molecule has 2 rings (SSSR count). The van der Waals surface area contributed by atoms with Crippen molar-refractivity contribution in [2.45, 2.75) is 18.2 Å². The molecule has 26 heavy (non-hydrogen) atoms. The molecule has 9 nitrogen and oxygen atoms in total. The van der Waals surface area contributed by atoms with E-state index in [1.165, 1.54) is 43.8 Å². The average molecular weight is 395 g/mol. The molecule has 0 atom stereocenters. The first kappa shape index (κ1) is 19.5. The number of carbonyl (C=O) groups is 1. The summed E-state index contributed by atoms with van der Waals surface area (Å²) in [7, 11) is -2.42. The van der Waals surface area contributed by atoms with Gasteiger partial charge >= 0.3 is 0 Å². The lowest BCUT2D eigenvalue weighted by Crippen LogP contribution is -2.33. The SMILES string of the molecule is CCC(=O)NC(=S)Nc1ccc(S(=O)(=O)Nc2cc(OC)ncn2)cc1.